The number of hydrogen-bond donors (Lipinski definition) is 1. The molecule has 1 aliphatic rings. The zero-order chi connectivity index (χ0) is 11.5. The fourth-order valence-corrected chi connectivity index (χ4v) is 1.77. The smallest absolute Gasteiger partial charge is 0.414 e. The van der Waals surface area contributed by atoms with E-state index in [-0.39, 0.29) is 11.9 Å². The van der Waals surface area contributed by atoms with Gasteiger partial charge >= 0.3 is 6.09 Å². The van der Waals surface area contributed by atoms with Gasteiger partial charge < -0.3 is 10.5 Å². The second kappa shape index (κ2) is 4.49. The molecule has 4 nitrogen and oxygen atoms in total. The number of hydrogen-bond acceptors (Lipinski definition) is 3. The molecule has 0 saturated carbocycles. The number of amides is 1. The number of halogens is 1. The highest BCUT2D eigenvalue weighted by Crippen LogP contribution is 2.22. The van der Waals surface area contributed by atoms with Crippen LogP contribution in [-0.2, 0) is 4.74 Å². The molecular weight excluding hydrogens is 211 g/mol. The third-order valence-electron chi connectivity index (χ3n) is 2.62. The number of nitrogens with zero attached hydrogens (tertiary/aromatic N) is 1. The molecule has 1 amide bonds. The average molecular weight is 224 g/mol. The maximum absolute atomic E-state index is 12.8. The lowest BCUT2D eigenvalue weighted by atomic mass is 10.1. The maximum Gasteiger partial charge on any atom is 0.414 e. The van der Waals surface area contributed by atoms with Crippen LogP contribution in [0, 0.1) is 5.82 Å². The molecule has 1 aromatic rings. The summed E-state index contributed by atoms with van der Waals surface area (Å²) in [6.45, 7) is 0.755. The van der Waals surface area contributed by atoms with Crippen LogP contribution in [0.3, 0.4) is 0 Å². The maximum atomic E-state index is 12.8. The Balaban J connectivity index is 2.28. The van der Waals surface area contributed by atoms with Gasteiger partial charge in [0.2, 0.25) is 0 Å². The molecule has 1 fully saturated rings. The molecule has 2 N–H and O–H groups in total. The van der Waals surface area contributed by atoms with Gasteiger partial charge in [-0.05, 0) is 24.3 Å². The highest BCUT2D eigenvalue weighted by atomic mass is 19.1. The Morgan fingerprint density at radius 2 is 2.12 bits per heavy atom. The van der Waals surface area contributed by atoms with Crippen LogP contribution in [0.25, 0.3) is 0 Å². The van der Waals surface area contributed by atoms with Gasteiger partial charge in [0.1, 0.15) is 5.82 Å². The van der Waals surface area contributed by atoms with Crippen LogP contribution in [0.1, 0.15) is 6.42 Å². The second-order valence-electron chi connectivity index (χ2n) is 3.64. The van der Waals surface area contributed by atoms with E-state index < -0.39 is 6.09 Å². The molecule has 1 atom stereocenters. The number of cyclic esters (lactones) is 1. The lowest BCUT2D eigenvalue weighted by Crippen LogP contribution is -2.49. The minimum Gasteiger partial charge on any atom is -0.449 e. The van der Waals surface area contributed by atoms with Crippen molar-refractivity contribution in [2.75, 3.05) is 18.1 Å². The van der Waals surface area contributed by atoms with Crippen LogP contribution in [0.15, 0.2) is 24.3 Å². The monoisotopic (exact) mass is 224 g/mol. The number of anilines is 1. The van der Waals surface area contributed by atoms with Gasteiger partial charge in [0, 0.05) is 18.7 Å². The summed E-state index contributed by atoms with van der Waals surface area (Å²) < 4.78 is 17.7. The fourth-order valence-electron chi connectivity index (χ4n) is 1.77. The van der Waals surface area contributed by atoms with Crippen molar-refractivity contribution >= 4 is 11.8 Å². The Labute approximate surface area is 92.8 Å². The summed E-state index contributed by atoms with van der Waals surface area (Å²) in [7, 11) is 0. The molecule has 0 bridgehead atoms. The van der Waals surface area contributed by atoms with E-state index in [4.69, 9.17) is 10.5 Å². The quantitative estimate of drug-likeness (QED) is 0.828. The minimum atomic E-state index is -0.423. The first kappa shape index (κ1) is 10.9. The van der Waals surface area contributed by atoms with E-state index in [0.717, 1.165) is 0 Å². The largest absolute Gasteiger partial charge is 0.449 e. The topological polar surface area (TPSA) is 55.6 Å². The van der Waals surface area contributed by atoms with E-state index in [9.17, 15) is 9.18 Å². The Morgan fingerprint density at radius 3 is 2.75 bits per heavy atom. The van der Waals surface area contributed by atoms with Gasteiger partial charge in [-0.2, -0.15) is 0 Å². The SMILES string of the molecule is NCC1CCOC(=O)N1c1ccc(F)cc1. The molecule has 0 radical (unpaired) electrons. The third kappa shape index (κ3) is 1.99. The number of rotatable bonds is 2. The Hall–Kier alpha value is -1.62. The van der Waals surface area contributed by atoms with Crippen LogP contribution in [0.4, 0.5) is 14.9 Å². The van der Waals surface area contributed by atoms with Gasteiger partial charge in [-0.3, -0.25) is 4.90 Å². The van der Waals surface area contributed by atoms with Crippen molar-refractivity contribution in [1.82, 2.24) is 0 Å². The first-order chi connectivity index (χ1) is 7.72. The van der Waals surface area contributed by atoms with E-state index in [2.05, 4.69) is 0 Å². The number of nitrogens with two attached hydrogens (primary N) is 1. The molecule has 86 valence electrons. The summed E-state index contributed by atoms with van der Waals surface area (Å²) in [5.41, 5.74) is 6.21. The minimum absolute atomic E-state index is 0.0771. The molecule has 0 spiro atoms. The van der Waals surface area contributed by atoms with Crippen molar-refractivity contribution in [1.29, 1.82) is 0 Å². The highest BCUT2D eigenvalue weighted by Gasteiger charge is 2.29. The van der Waals surface area contributed by atoms with Crippen LogP contribution in [-0.4, -0.2) is 25.3 Å². The summed E-state index contributed by atoms with van der Waals surface area (Å²) in [5.74, 6) is -0.335. The normalized spacial score (nSPS) is 20.8. The van der Waals surface area contributed by atoms with Crippen molar-refractivity contribution in [3.8, 4) is 0 Å². The summed E-state index contributed by atoms with van der Waals surface area (Å²) in [6, 6.07) is 5.64. The highest BCUT2D eigenvalue weighted by molar-refractivity contribution is 5.89. The molecular formula is C11H13FN2O2. The van der Waals surface area contributed by atoms with Gasteiger partial charge in [0.05, 0.1) is 12.6 Å². The van der Waals surface area contributed by atoms with E-state index >= 15 is 0 Å². The van der Waals surface area contributed by atoms with Crippen LogP contribution in [0.2, 0.25) is 0 Å². The second-order valence-corrected chi connectivity index (χ2v) is 3.64. The zero-order valence-electron chi connectivity index (χ0n) is 8.73. The summed E-state index contributed by atoms with van der Waals surface area (Å²) in [5, 5.41) is 0. The number of carbonyl (C=O) groups is 1. The molecule has 16 heavy (non-hydrogen) atoms. The van der Waals surface area contributed by atoms with Crippen LogP contribution < -0.4 is 10.6 Å². The lowest BCUT2D eigenvalue weighted by Gasteiger charge is -2.34. The van der Waals surface area contributed by atoms with E-state index in [1.54, 1.807) is 12.1 Å². The number of ether oxygens (including phenoxy) is 1. The van der Waals surface area contributed by atoms with Gasteiger partial charge in [0.25, 0.3) is 0 Å². The molecule has 0 aliphatic carbocycles. The van der Waals surface area contributed by atoms with E-state index in [0.29, 0.717) is 25.3 Å². The summed E-state index contributed by atoms with van der Waals surface area (Å²) in [4.78, 5) is 13.1. The van der Waals surface area contributed by atoms with Gasteiger partial charge in [-0.25, -0.2) is 9.18 Å². The lowest BCUT2D eigenvalue weighted by molar-refractivity contribution is 0.130. The number of benzene rings is 1. The average Bonchev–Trinajstić information content (AvgIpc) is 2.30. The first-order valence-corrected chi connectivity index (χ1v) is 5.14. The van der Waals surface area contributed by atoms with Crippen molar-refractivity contribution in [3.63, 3.8) is 0 Å². The standard InChI is InChI=1S/C11H13FN2O2/c12-8-1-3-9(4-2-8)14-10(7-13)5-6-16-11(14)15/h1-4,10H,5-7,13H2. The molecule has 0 aromatic heterocycles. The third-order valence-corrected chi connectivity index (χ3v) is 2.62. The molecule has 1 aromatic carbocycles. The Morgan fingerprint density at radius 1 is 1.44 bits per heavy atom. The van der Waals surface area contributed by atoms with E-state index in [1.807, 2.05) is 0 Å². The van der Waals surface area contributed by atoms with Gasteiger partial charge in [0.15, 0.2) is 0 Å². The van der Waals surface area contributed by atoms with Crippen molar-refractivity contribution in [2.24, 2.45) is 5.73 Å². The molecule has 1 heterocycles. The molecule has 5 heteroatoms. The van der Waals surface area contributed by atoms with Crippen LogP contribution in [0.5, 0.6) is 0 Å². The molecule has 2 rings (SSSR count). The summed E-state index contributed by atoms with van der Waals surface area (Å²) >= 11 is 0. The summed E-state index contributed by atoms with van der Waals surface area (Å²) in [6.07, 6.45) is 0.271. The van der Waals surface area contributed by atoms with E-state index in [1.165, 1.54) is 17.0 Å². The van der Waals surface area contributed by atoms with Gasteiger partial charge in [-0.1, -0.05) is 0 Å². The van der Waals surface area contributed by atoms with Gasteiger partial charge in [-0.15, -0.1) is 0 Å². The molecule has 1 unspecified atom stereocenters. The predicted molar refractivity (Wildman–Crippen MR) is 57.7 cm³/mol. The van der Waals surface area contributed by atoms with Crippen LogP contribution >= 0.6 is 0 Å². The zero-order valence-corrected chi connectivity index (χ0v) is 8.73. The fraction of sp³-hybridized carbons (Fsp3) is 0.364. The first-order valence-electron chi connectivity index (χ1n) is 5.14. The molecule has 1 aliphatic heterocycles. The Kier molecular flexibility index (Phi) is 3.05. The van der Waals surface area contributed by atoms with Crippen molar-refractivity contribution in [2.45, 2.75) is 12.5 Å². The molecule has 1 saturated heterocycles. The number of carbonyl (C=O) groups excluding carboxylic acids is 1. The predicted octanol–water partition coefficient (Wildman–Crippen LogP) is 1.50. The Bertz CT molecular complexity index is 380. The van der Waals surface area contributed by atoms with Crippen molar-refractivity contribution in [3.05, 3.63) is 30.1 Å². The van der Waals surface area contributed by atoms with Crippen molar-refractivity contribution < 1.29 is 13.9 Å².